The van der Waals surface area contributed by atoms with Gasteiger partial charge in [-0.15, -0.1) is 0 Å². The SMILES string of the molecule is CCN(CC(C)CC(=O)O)c1ccccc1. The van der Waals surface area contributed by atoms with Gasteiger partial charge in [0.05, 0.1) is 0 Å². The first-order valence-corrected chi connectivity index (χ1v) is 5.65. The molecule has 0 fully saturated rings. The molecule has 1 unspecified atom stereocenters. The number of carbonyl (C=O) groups is 1. The molecule has 0 saturated heterocycles. The zero-order chi connectivity index (χ0) is 12.0. The zero-order valence-corrected chi connectivity index (χ0v) is 9.89. The maximum atomic E-state index is 10.6. The number of hydrogen-bond acceptors (Lipinski definition) is 2. The lowest BCUT2D eigenvalue weighted by molar-refractivity contribution is -0.137. The smallest absolute Gasteiger partial charge is 0.303 e. The molecule has 3 nitrogen and oxygen atoms in total. The molecule has 0 aromatic heterocycles. The van der Waals surface area contributed by atoms with Gasteiger partial charge in [-0.2, -0.15) is 0 Å². The predicted octanol–water partition coefficient (Wildman–Crippen LogP) is 2.62. The van der Waals surface area contributed by atoms with E-state index in [1.54, 1.807) is 0 Å². The molecule has 0 saturated carbocycles. The highest BCUT2D eigenvalue weighted by atomic mass is 16.4. The molecule has 88 valence electrons. The van der Waals surface area contributed by atoms with E-state index in [1.165, 1.54) is 0 Å². The van der Waals surface area contributed by atoms with Crippen LogP contribution in [0.4, 0.5) is 5.69 Å². The van der Waals surface area contributed by atoms with Crippen LogP contribution >= 0.6 is 0 Å². The van der Waals surface area contributed by atoms with E-state index in [-0.39, 0.29) is 12.3 Å². The number of nitrogens with zero attached hydrogens (tertiary/aromatic N) is 1. The van der Waals surface area contributed by atoms with E-state index in [1.807, 2.05) is 25.1 Å². The molecule has 16 heavy (non-hydrogen) atoms. The van der Waals surface area contributed by atoms with Crippen LogP contribution in [0.15, 0.2) is 30.3 Å². The Hall–Kier alpha value is -1.51. The summed E-state index contributed by atoms with van der Waals surface area (Å²) in [6.45, 7) is 5.74. The third kappa shape index (κ3) is 3.93. The van der Waals surface area contributed by atoms with Gasteiger partial charge in [0, 0.05) is 25.2 Å². The minimum absolute atomic E-state index is 0.164. The van der Waals surface area contributed by atoms with Crippen molar-refractivity contribution in [1.82, 2.24) is 0 Å². The third-order valence-corrected chi connectivity index (χ3v) is 2.56. The molecular formula is C13H19NO2. The van der Waals surface area contributed by atoms with E-state index in [2.05, 4.69) is 24.0 Å². The van der Waals surface area contributed by atoms with Crippen molar-refractivity contribution in [3.8, 4) is 0 Å². The fourth-order valence-corrected chi connectivity index (χ4v) is 1.79. The molecule has 0 aliphatic rings. The molecule has 0 spiro atoms. The highest BCUT2D eigenvalue weighted by Crippen LogP contribution is 2.15. The molecule has 1 rings (SSSR count). The van der Waals surface area contributed by atoms with E-state index in [0.717, 1.165) is 18.8 Å². The minimum atomic E-state index is -0.725. The van der Waals surface area contributed by atoms with Crippen molar-refractivity contribution in [2.75, 3.05) is 18.0 Å². The van der Waals surface area contributed by atoms with Gasteiger partial charge in [-0.25, -0.2) is 0 Å². The lowest BCUT2D eigenvalue weighted by Crippen LogP contribution is -2.29. The Morgan fingerprint density at radius 1 is 1.38 bits per heavy atom. The molecular weight excluding hydrogens is 202 g/mol. The molecule has 1 N–H and O–H groups in total. The van der Waals surface area contributed by atoms with E-state index < -0.39 is 5.97 Å². The fraction of sp³-hybridized carbons (Fsp3) is 0.462. The first-order chi connectivity index (χ1) is 7.63. The molecule has 0 radical (unpaired) electrons. The number of hydrogen-bond donors (Lipinski definition) is 1. The number of carboxylic acid groups (broad SMARTS) is 1. The van der Waals surface area contributed by atoms with Gasteiger partial charge < -0.3 is 10.0 Å². The number of aliphatic carboxylic acids is 1. The second-order valence-corrected chi connectivity index (χ2v) is 4.08. The van der Waals surface area contributed by atoms with E-state index in [9.17, 15) is 4.79 Å². The Balaban J connectivity index is 2.59. The van der Waals surface area contributed by atoms with Crippen LogP contribution in [0.2, 0.25) is 0 Å². The van der Waals surface area contributed by atoms with Gasteiger partial charge in [-0.1, -0.05) is 25.1 Å². The lowest BCUT2D eigenvalue weighted by Gasteiger charge is -2.26. The summed E-state index contributed by atoms with van der Waals surface area (Å²) in [6.07, 6.45) is 0.226. The molecule has 0 aliphatic carbocycles. The number of rotatable bonds is 6. The largest absolute Gasteiger partial charge is 0.481 e. The molecule has 0 amide bonds. The van der Waals surface area contributed by atoms with Crippen LogP contribution in [-0.4, -0.2) is 24.2 Å². The summed E-state index contributed by atoms with van der Waals surface area (Å²) < 4.78 is 0. The van der Waals surface area contributed by atoms with Crippen molar-refractivity contribution >= 4 is 11.7 Å². The molecule has 1 aromatic carbocycles. The second kappa shape index (κ2) is 6.16. The standard InChI is InChI=1S/C13H19NO2/c1-3-14(10-11(2)9-13(15)16)12-7-5-4-6-8-12/h4-8,11H,3,9-10H2,1-2H3,(H,15,16). The lowest BCUT2D eigenvalue weighted by atomic mass is 10.1. The summed E-state index contributed by atoms with van der Waals surface area (Å²) in [6, 6.07) is 10.1. The number of para-hydroxylation sites is 1. The maximum absolute atomic E-state index is 10.6. The summed E-state index contributed by atoms with van der Waals surface area (Å²) >= 11 is 0. The van der Waals surface area contributed by atoms with Crippen molar-refractivity contribution < 1.29 is 9.90 Å². The average molecular weight is 221 g/mol. The predicted molar refractivity (Wildman–Crippen MR) is 65.7 cm³/mol. The molecule has 0 aliphatic heterocycles. The monoisotopic (exact) mass is 221 g/mol. The van der Waals surface area contributed by atoms with Gasteiger partial charge in [0.1, 0.15) is 0 Å². The third-order valence-electron chi connectivity index (χ3n) is 2.56. The second-order valence-electron chi connectivity index (χ2n) is 4.08. The molecule has 1 atom stereocenters. The fourth-order valence-electron chi connectivity index (χ4n) is 1.79. The Morgan fingerprint density at radius 2 is 2.00 bits per heavy atom. The van der Waals surface area contributed by atoms with E-state index >= 15 is 0 Å². The van der Waals surface area contributed by atoms with Gasteiger partial charge >= 0.3 is 5.97 Å². The molecule has 0 bridgehead atoms. The Labute approximate surface area is 96.7 Å². The van der Waals surface area contributed by atoms with Crippen molar-refractivity contribution in [3.63, 3.8) is 0 Å². The summed E-state index contributed by atoms with van der Waals surface area (Å²) in [5.74, 6) is -0.561. The highest BCUT2D eigenvalue weighted by molar-refractivity contribution is 5.67. The number of benzene rings is 1. The Bertz CT molecular complexity index is 324. The first-order valence-electron chi connectivity index (χ1n) is 5.65. The quantitative estimate of drug-likeness (QED) is 0.802. The Morgan fingerprint density at radius 3 is 2.50 bits per heavy atom. The zero-order valence-electron chi connectivity index (χ0n) is 9.89. The van der Waals surface area contributed by atoms with Crippen LogP contribution in [0.3, 0.4) is 0 Å². The number of anilines is 1. The topological polar surface area (TPSA) is 40.5 Å². The van der Waals surface area contributed by atoms with Crippen LogP contribution in [0, 0.1) is 5.92 Å². The van der Waals surface area contributed by atoms with Gasteiger partial charge in [0.25, 0.3) is 0 Å². The van der Waals surface area contributed by atoms with E-state index in [4.69, 9.17) is 5.11 Å². The summed E-state index contributed by atoms with van der Waals surface area (Å²) in [5.41, 5.74) is 1.15. The van der Waals surface area contributed by atoms with Gasteiger partial charge in [0.2, 0.25) is 0 Å². The summed E-state index contributed by atoms with van der Waals surface area (Å²) in [5, 5.41) is 8.72. The van der Waals surface area contributed by atoms with Gasteiger partial charge in [-0.05, 0) is 25.0 Å². The van der Waals surface area contributed by atoms with Gasteiger partial charge in [0.15, 0.2) is 0 Å². The number of carboxylic acids is 1. The molecule has 3 heteroatoms. The summed E-state index contributed by atoms with van der Waals surface area (Å²) in [7, 11) is 0. The Kier molecular flexibility index (Phi) is 4.83. The van der Waals surface area contributed by atoms with Crippen molar-refractivity contribution in [1.29, 1.82) is 0 Å². The van der Waals surface area contributed by atoms with Crippen LogP contribution in [0.25, 0.3) is 0 Å². The van der Waals surface area contributed by atoms with Gasteiger partial charge in [-0.3, -0.25) is 4.79 Å². The normalized spacial score (nSPS) is 12.1. The minimum Gasteiger partial charge on any atom is -0.481 e. The van der Waals surface area contributed by atoms with E-state index in [0.29, 0.717) is 0 Å². The highest BCUT2D eigenvalue weighted by Gasteiger charge is 2.12. The van der Waals surface area contributed by atoms with Crippen molar-refractivity contribution in [2.24, 2.45) is 5.92 Å². The van der Waals surface area contributed by atoms with Crippen LogP contribution < -0.4 is 4.90 Å². The average Bonchev–Trinajstić information content (AvgIpc) is 2.26. The molecule has 1 aromatic rings. The van der Waals surface area contributed by atoms with Crippen molar-refractivity contribution in [2.45, 2.75) is 20.3 Å². The molecule has 0 heterocycles. The maximum Gasteiger partial charge on any atom is 0.303 e. The first kappa shape index (κ1) is 12.6. The summed E-state index contributed by atoms with van der Waals surface area (Å²) in [4.78, 5) is 12.8. The van der Waals surface area contributed by atoms with Crippen LogP contribution in [-0.2, 0) is 4.79 Å². The van der Waals surface area contributed by atoms with Crippen LogP contribution in [0.5, 0.6) is 0 Å². The van der Waals surface area contributed by atoms with Crippen LogP contribution in [0.1, 0.15) is 20.3 Å². The van der Waals surface area contributed by atoms with Crippen molar-refractivity contribution in [3.05, 3.63) is 30.3 Å².